The number of sulfone groups is 1. The molecule has 0 bridgehead atoms. The minimum absolute atomic E-state index is 0.107. The van der Waals surface area contributed by atoms with Gasteiger partial charge < -0.3 is 14.6 Å². The number of benzene rings is 3. The van der Waals surface area contributed by atoms with Crippen molar-refractivity contribution in [2.45, 2.75) is 18.0 Å². The summed E-state index contributed by atoms with van der Waals surface area (Å²) >= 11 is 1.24. The highest BCUT2D eigenvalue weighted by Gasteiger charge is 2.13. The largest absolute Gasteiger partial charge is 0.489 e. The predicted molar refractivity (Wildman–Crippen MR) is 134 cm³/mol. The van der Waals surface area contributed by atoms with Crippen molar-refractivity contribution in [1.29, 1.82) is 0 Å². The van der Waals surface area contributed by atoms with Gasteiger partial charge in [0.1, 0.15) is 18.9 Å². The lowest BCUT2D eigenvalue weighted by molar-refractivity contribution is -0.116. The zero-order valence-corrected chi connectivity index (χ0v) is 19.9. The minimum Gasteiger partial charge on any atom is -0.489 e. The first kappa shape index (κ1) is 22.1. The Bertz CT molecular complexity index is 1610. The normalized spacial score (nSPS) is 11.7. The first-order valence-electron chi connectivity index (χ1n) is 10.5. The molecule has 0 spiro atoms. The second-order valence-corrected chi connectivity index (χ2v) is 11.0. The SMILES string of the molecule is CS(=O)(=O)c1ccc2nc(NC(=O)Cn3ccc4ccc(OCc5ccccc5)cc43)sc2c1. The molecule has 3 aromatic carbocycles. The fourth-order valence-electron chi connectivity index (χ4n) is 3.63. The number of carbonyl (C=O) groups excluding carboxylic acids is 1. The Balaban J connectivity index is 1.30. The topological polar surface area (TPSA) is 90.3 Å². The van der Waals surface area contributed by atoms with E-state index in [1.807, 2.05) is 65.4 Å². The molecule has 1 N–H and O–H groups in total. The lowest BCUT2D eigenvalue weighted by Crippen LogP contribution is -2.18. The van der Waals surface area contributed by atoms with Gasteiger partial charge >= 0.3 is 0 Å². The van der Waals surface area contributed by atoms with Crippen molar-refractivity contribution >= 4 is 53.3 Å². The standard InChI is InChI=1S/C25H21N3O4S2/c1-34(30,31)20-9-10-21-23(14-20)33-25(26-21)27-24(29)15-28-12-11-18-7-8-19(13-22(18)28)32-16-17-5-3-2-4-6-17/h2-14H,15-16H2,1H3,(H,26,27,29). The first-order valence-corrected chi connectivity index (χ1v) is 13.2. The number of anilines is 1. The minimum atomic E-state index is -3.31. The van der Waals surface area contributed by atoms with E-state index in [2.05, 4.69) is 10.3 Å². The number of fused-ring (bicyclic) bond motifs is 2. The zero-order valence-electron chi connectivity index (χ0n) is 18.3. The average molecular weight is 492 g/mol. The van der Waals surface area contributed by atoms with Gasteiger partial charge in [0.25, 0.3) is 0 Å². The van der Waals surface area contributed by atoms with E-state index in [0.717, 1.165) is 28.5 Å². The van der Waals surface area contributed by atoms with Crippen LogP contribution in [-0.2, 0) is 27.8 Å². The van der Waals surface area contributed by atoms with Crippen LogP contribution >= 0.6 is 11.3 Å². The lowest BCUT2D eigenvalue weighted by atomic mass is 10.2. The Hall–Kier alpha value is -3.69. The summed E-state index contributed by atoms with van der Waals surface area (Å²) in [4.78, 5) is 17.4. The smallest absolute Gasteiger partial charge is 0.246 e. The van der Waals surface area contributed by atoms with E-state index in [1.165, 1.54) is 17.4 Å². The second kappa shape index (κ2) is 8.92. The Morgan fingerprint density at radius 3 is 2.68 bits per heavy atom. The Morgan fingerprint density at radius 1 is 1.06 bits per heavy atom. The van der Waals surface area contributed by atoms with E-state index in [1.54, 1.807) is 12.1 Å². The number of thiazole rings is 1. The Labute approximate surface area is 200 Å². The molecule has 172 valence electrons. The molecule has 1 amide bonds. The number of nitrogens with one attached hydrogen (secondary N) is 1. The van der Waals surface area contributed by atoms with E-state index in [0.29, 0.717) is 22.0 Å². The van der Waals surface area contributed by atoms with Crippen molar-refractivity contribution < 1.29 is 17.9 Å². The van der Waals surface area contributed by atoms with Crippen LogP contribution in [0.3, 0.4) is 0 Å². The van der Waals surface area contributed by atoms with Gasteiger partial charge in [-0.2, -0.15) is 0 Å². The van der Waals surface area contributed by atoms with Crippen molar-refractivity contribution in [3.05, 3.63) is 84.6 Å². The molecule has 0 aliphatic carbocycles. The number of nitrogens with zero attached hydrogens (tertiary/aromatic N) is 2. The highest BCUT2D eigenvalue weighted by atomic mass is 32.2. The van der Waals surface area contributed by atoms with Crippen LogP contribution in [0.2, 0.25) is 0 Å². The van der Waals surface area contributed by atoms with Gasteiger partial charge in [-0.1, -0.05) is 41.7 Å². The highest BCUT2D eigenvalue weighted by Crippen LogP contribution is 2.28. The zero-order chi connectivity index (χ0) is 23.7. The van der Waals surface area contributed by atoms with Gasteiger partial charge in [0.2, 0.25) is 5.91 Å². The van der Waals surface area contributed by atoms with Gasteiger partial charge in [0, 0.05) is 18.5 Å². The van der Waals surface area contributed by atoms with E-state index in [-0.39, 0.29) is 17.3 Å². The molecule has 5 rings (SSSR count). The van der Waals surface area contributed by atoms with Crippen LogP contribution in [0.4, 0.5) is 5.13 Å². The van der Waals surface area contributed by atoms with Gasteiger partial charge in [-0.25, -0.2) is 13.4 Å². The average Bonchev–Trinajstić information content (AvgIpc) is 3.40. The van der Waals surface area contributed by atoms with E-state index in [4.69, 9.17) is 4.74 Å². The third kappa shape index (κ3) is 4.80. The third-order valence-electron chi connectivity index (χ3n) is 5.34. The molecule has 0 unspecified atom stereocenters. The summed E-state index contributed by atoms with van der Waals surface area (Å²) < 4.78 is 32.1. The van der Waals surface area contributed by atoms with Crippen molar-refractivity contribution in [2.75, 3.05) is 11.6 Å². The summed E-state index contributed by atoms with van der Waals surface area (Å²) in [6.45, 7) is 0.572. The van der Waals surface area contributed by atoms with Crippen molar-refractivity contribution in [3.63, 3.8) is 0 Å². The van der Waals surface area contributed by atoms with Crippen molar-refractivity contribution in [2.24, 2.45) is 0 Å². The molecular weight excluding hydrogens is 470 g/mol. The first-order chi connectivity index (χ1) is 16.3. The van der Waals surface area contributed by atoms with Gasteiger partial charge in [0.15, 0.2) is 15.0 Å². The van der Waals surface area contributed by atoms with Gasteiger partial charge in [0.05, 0.1) is 20.6 Å². The molecule has 0 saturated carbocycles. The van der Waals surface area contributed by atoms with Crippen molar-refractivity contribution in [1.82, 2.24) is 9.55 Å². The van der Waals surface area contributed by atoms with E-state index >= 15 is 0 Å². The Morgan fingerprint density at radius 2 is 1.88 bits per heavy atom. The summed E-state index contributed by atoms with van der Waals surface area (Å²) in [7, 11) is -3.31. The maximum absolute atomic E-state index is 12.7. The molecule has 0 atom stereocenters. The van der Waals surface area contributed by atoms with E-state index < -0.39 is 9.84 Å². The summed E-state index contributed by atoms with van der Waals surface area (Å²) in [6, 6.07) is 22.4. The number of hydrogen-bond donors (Lipinski definition) is 1. The van der Waals surface area contributed by atoms with Crippen LogP contribution in [0.5, 0.6) is 5.75 Å². The lowest BCUT2D eigenvalue weighted by Gasteiger charge is -2.09. The van der Waals surface area contributed by atoms with Crippen LogP contribution in [-0.4, -0.2) is 30.1 Å². The van der Waals surface area contributed by atoms with Gasteiger partial charge in [-0.05, 0) is 47.3 Å². The number of rotatable bonds is 7. The molecule has 0 fully saturated rings. The second-order valence-electron chi connectivity index (χ2n) is 7.91. The van der Waals surface area contributed by atoms with Crippen LogP contribution in [0.1, 0.15) is 5.56 Å². The summed E-state index contributed by atoms with van der Waals surface area (Å²) in [5, 5.41) is 4.25. The fraction of sp³-hybridized carbons (Fsp3) is 0.120. The summed E-state index contributed by atoms with van der Waals surface area (Å²) in [6.07, 6.45) is 3.03. The molecule has 0 radical (unpaired) electrons. The molecule has 7 nitrogen and oxygen atoms in total. The molecule has 0 aliphatic rings. The van der Waals surface area contributed by atoms with Gasteiger partial charge in [-0.15, -0.1) is 0 Å². The maximum Gasteiger partial charge on any atom is 0.246 e. The van der Waals surface area contributed by atoms with E-state index in [9.17, 15) is 13.2 Å². The molecule has 9 heteroatoms. The molecule has 5 aromatic rings. The summed E-state index contributed by atoms with van der Waals surface area (Å²) in [5.74, 6) is 0.500. The molecule has 2 heterocycles. The molecule has 34 heavy (non-hydrogen) atoms. The van der Waals surface area contributed by atoms with Gasteiger partial charge in [-0.3, -0.25) is 4.79 Å². The van der Waals surface area contributed by atoms with Crippen LogP contribution in [0, 0.1) is 0 Å². The molecule has 2 aromatic heterocycles. The number of hydrogen-bond acceptors (Lipinski definition) is 6. The summed E-state index contributed by atoms with van der Waals surface area (Å²) in [5.41, 5.74) is 2.61. The number of aromatic nitrogens is 2. The van der Waals surface area contributed by atoms with Crippen LogP contribution in [0.15, 0.2) is 83.9 Å². The Kier molecular flexibility index (Phi) is 5.80. The number of amides is 1. The molecule has 0 aliphatic heterocycles. The molecule has 0 saturated heterocycles. The predicted octanol–water partition coefficient (Wildman–Crippen LogP) is 4.87. The maximum atomic E-state index is 12.7. The quantitative estimate of drug-likeness (QED) is 0.351. The fourth-order valence-corrected chi connectivity index (χ4v) is 5.28. The van der Waals surface area contributed by atoms with Crippen molar-refractivity contribution in [3.8, 4) is 5.75 Å². The monoisotopic (exact) mass is 491 g/mol. The van der Waals surface area contributed by atoms with Crippen LogP contribution < -0.4 is 10.1 Å². The number of carbonyl (C=O) groups is 1. The highest BCUT2D eigenvalue weighted by molar-refractivity contribution is 7.90. The van der Waals surface area contributed by atoms with Crippen LogP contribution in [0.25, 0.3) is 21.1 Å². The molecular formula is C25H21N3O4S2. The third-order valence-corrected chi connectivity index (χ3v) is 7.39. The number of ether oxygens (including phenoxy) is 1.